The second-order valence-corrected chi connectivity index (χ2v) is 10.4. The van der Waals surface area contributed by atoms with Crippen LogP contribution in [0.1, 0.15) is 30.6 Å². The number of ether oxygens (including phenoxy) is 1. The highest BCUT2D eigenvalue weighted by Crippen LogP contribution is 2.43. The van der Waals surface area contributed by atoms with Crippen molar-refractivity contribution in [2.45, 2.75) is 35.9 Å². The highest BCUT2D eigenvalue weighted by molar-refractivity contribution is 7.93. The summed E-state index contributed by atoms with van der Waals surface area (Å²) in [5, 5.41) is 1.32. The number of benzene rings is 2. The topological polar surface area (TPSA) is 119 Å². The third-order valence-corrected chi connectivity index (χ3v) is 8.62. The van der Waals surface area contributed by atoms with Gasteiger partial charge in [0, 0.05) is 31.5 Å². The lowest BCUT2D eigenvalue weighted by Crippen LogP contribution is -2.62. The lowest BCUT2D eigenvalue weighted by atomic mass is 9.97. The van der Waals surface area contributed by atoms with Gasteiger partial charge in [-0.15, -0.1) is 6.58 Å². The van der Waals surface area contributed by atoms with Gasteiger partial charge in [-0.3, -0.25) is 4.79 Å². The van der Waals surface area contributed by atoms with E-state index in [1.54, 1.807) is 36.4 Å². The van der Waals surface area contributed by atoms with E-state index >= 15 is 0 Å². The molecule has 9 heteroatoms. The Morgan fingerprint density at radius 1 is 1.25 bits per heavy atom. The Morgan fingerprint density at radius 3 is 2.50 bits per heavy atom. The molecule has 0 aliphatic carbocycles. The molecule has 1 saturated heterocycles. The van der Waals surface area contributed by atoms with Gasteiger partial charge in [0.2, 0.25) is 5.91 Å². The second kappa shape index (κ2) is 9.04. The number of rotatable bonds is 7. The molecule has 1 heterocycles. The zero-order valence-corrected chi connectivity index (χ0v) is 18.8. The molecule has 3 atom stereocenters. The van der Waals surface area contributed by atoms with Crippen molar-refractivity contribution in [1.82, 2.24) is 10.2 Å². The van der Waals surface area contributed by atoms with Crippen molar-refractivity contribution >= 4 is 21.8 Å². The molecule has 3 unspecified atom stereocenters. The van der Waals surface area contributed by atoms with Gasteiger partial charge in [0.15, 0.2) is 9.84 Å². The van der Waals surface area contributed by atoms with Crippen LogP contribution in [0.5, 0.6) is 11.5 Å². The number of carbonyl (C=O) groups is 2. The van der Waals surface area contributed by atoms with Crippen molar-refractivity contribution in [2.75, 3.05) is 7.05 Å². The summed E-state index contributed by atoms with van der Waals surface area (Å²) in [7, 11) is -2.63. The van der Waals surface area contributed by atoms with E-state index in [-0.39, 0.29) is 12.8 Å². The van der Waals surface area contributed by atoms with Gasteiger partial charge in [0.1, 0.15) is 21.6 Å². The van der Waals surface area contributed by atoms with Crippen LogP contribution >= 0.6 is 0 Å². The maximum Gasteiger partial charge on any atom is 0.312 e. The van der Waals surface area contributed by atoms with Crippen molar-refractivity contribution in [3.63, 3.8) is 0 Å². The molecular weight excluding hydrogens is 430 g/mol. The molecule has 8 nitrogen and oxygen atoms in total. The van der Waals surface area contributed by atoms with E-state index in [0.29, 0.717) is 17.1 Å². The molecule has 0 bridgehead atoms. The average molecular weight is 458 g/mol. The number of piperidine rings is 1. The van der Waals surface area contributed by atoms with Crippen LogP contribution in [0.25, 0.3) is 0 Å². The lowest BCUT2D eigenvalue weighted by Gasteiger charge is -2.46. The molecule has 3 rings (SSSR count). The van der Waals surface area contributed by atoms with Gasteiger partial charge in [0.25, 0.3) is 0 Å². The lowest BCUT2D eigenvalue weighted by molar-refractivity contribution is -0.136. The Kier molecular flexibility index (Phi) is 6.59. The fraction of sp³-hybridized carbons (Fsp3) is 0.304. The van der Waals surface area contributed by atoms with Gasteiger partial charge in [0.05, 0.1) is 0 Å². The Hall–Kier alpha value is -3.33. The molecule has 3 amide bonds. The number of nitrogens with two attached hydrogens (primary N) is 1. The molecule has 0 spiro atoms. The highest BCUT2D eigenvalue weighted by atomic mass is 32.2. The SMILES string of the molecule is C=CC(c1ccccc1Oc1ccccc1)S(=O)(=O)C1(C)CC(NC(N)=O)CC(=O)N1C. The first-order valence-electron chi connectivity index (χ1n) is 10.1. The van der Waals surface area contributed by atoms with E-state index in [4.69, 9.17) is 10.5 Å². The minimum Gasteiger partial charge on any atom is -0.457 e. The number of carbonyl (C=O) groups excluding carboxylic acids is 2. The summed E-state index contributed by atoms with van der Waals surface area (Å²) >= 11 is 0. The van der Waals surface area contributed by atoms with E-state index in [1.165, 1.54) is 24.9 Å². The summed E-state index contributed by atoms with van der Waals surface area (Å²) in [4.78, 5) is 23.6. The maximum atomic E-state index is 14.0. The summed E-state index contributed by atoms with van der Waals surface area (Å²) < 4.78 is 33.9. The number of nitrogens with one attached hydrogen (secondary N) is 1. The van der Waals surface area contributed by atoms with Gasteiger partial charge in [-0.05, 0) is 25.1 Å². The minimum absolute atomic E-state index is 0.00738. The van der Waals surface area contributed by atoms with Crippen molar-refractivity contribution in [2.24, 2.45) is 5.73 Å². The number of sulfone groups is 1. The number of hydrogen-bond acceptors (Lipinski definition) is 5. The second-order valence-electron chi connectivity index (χ2n) is 7.90. The Labute approximate surface area is 188 Å². The quantitative estimate of drug-likeness (QED) is 0.619. The smallest absolute Gasteiger partial charge is 0.312 e. The van der Waals surface area contributed by atoms with Gasteiger partial charge in [-0.2, -0.15) is 0 Å². The number of para-hydroxylation sites is 2. The maximum absolute atomic E-state index is 14.0. The molecule has 0 radical (unpaired) electrons. The molecule has 1 fully saturated rings. The standard InChI is InChI=1S/C23H27N3O5S/c1-4-20(18-12-8-9-13-19(18)31-17-10-6-5-7-11-17)32(29,30)23(2)15-16(25-22(24)28)14-21(27)26(23)3/h4-13,16,20H,1,14-15H2,2-3H3,(H3,24,25,28). The molecule has 32 heavy (non-hydrogen) atoms. The predicted octanol–water partition coefficient (Wildman–Crippen LogP) is 3.13. The summed E-state index contributed by atoms with van der Waals surface area (Å²) in [6, 6.07) is 14.3. The third kappa shape index (κ3) is 4.34. The number of nitrogens with zero attached hydrogens (tertiary/aromatic N) is 1. The predicted molar refractivity (Wildman–Crippen MR) is 122 cm³/mol. The van der Waals surface area contributed by atoms with Crippen molar-refractivity contribution in [1.29, 1.82) is 0 Å². The highest BCUT2D eigenvalue weighted by Gasteiger charge is 2.53. The average Bonchev–Trinajstić information content (AvgIpc) is 2.74. The van der Waals surface area contributed by atoms with Gasteiger partial charge in [-0.1, -0.05) is 42.5 Å². The monoisotopic (exact) mass is 457 g/mol. The fourth-order valence-corrected chi connectivity index (χ4v) is 6.25. The number of hydrogen-bond donors (Lipinski definition) is 2. The Bertz CT molecular complexity index is 1120. The van der Waals surface area contributed by atoms with E-state index in [9.17, 15) is 18.0 Å². The van der Waals surface area contributed by atoms with Crippen LogP contribution in [-0.2, 0) is 14.6 Å². The third-order valence-electron chi connectivity index (χ3n) is 5.83. The molecule has 3 N–H and O–H groups in total. The van der Waals surface area contributed by atoms with Gasteiger partial charge >= 0.3 is 6.03 Å². The van der Waals surface area contributed by atoms with Crippen LogP contribution in [0, 0.1) is 0 Å². The molecule has 2 aromatic carbocycles. The first-order chi connectivity index (χ1) is 15.1. The Balaban J connectivity index is 2.04. The van der Waals surface area contributed by atoms with E-state index in [0.717, 1.165) is 0 Å². The molecule has 0 aromatic heterocycles. The normalized spacial score (nSPS) is 22.1. The van der Waals surface area contributed by atoms with Crippen molar-refractivity contribution in [3.05, 3.63) is 72.8 Å². The minimum atomic E-state index is -4.08. The van der Waals surface area contributed by atoms with E-state index in [1.807, 2.05) is 18.2 Å². The van der Waals surface area contributed by atoms with Crippen LogP contribution in [0.4, 0.5) is 4.79 Å². The van der Waals surface area contributed by atoms with E-state index < -0.39 is 37.9 Å². The summed E-state index contributed by atoms with van der Waals surface area (Å²) in [5.41, 5.74) is 5.62. The Morgan fingerprint density at radius 2 is 1.88 bits per heavy atom. The summed E-state index contributed by atoms with van der Waals surface area (Å²) in [6.45, 7) is 5.24. The fourth-order valence-electron chi connectivity index (χ4n) is 4.01. The van der Waals surface area contributed by atoms with Crippen molar-refractivity contribution in [3.8, 4) is 11.5 Å². The van der Waals surface area contributed by atoms with Gasteiger partial charge in [-0.25, -0.2) is 13.2 Å². The van der Waals surface area contributed by atoms with Crippen LogP contribution in [0.3, 0.4) is 0 Å². The van der Waals surface area contributed by atoms with Crippen molar-refractivity contribution < 1.29 is 22.7 Å². The van der Waals surface area contributed by atoms with Crippen LogP contribution in [0.15, 0.2) is 67.3 Å². The summed E-state index contributed by atoms with van der Waals surface area (Å²) in [6.07, 6.45) is 1.29. The largest absolute Gasteiger partial charge is 0.457 e. The zero-order chi connectivity index (χ0) is 23.5. The number of amides is 3. The molecule has 0 saturated carbocycles. The van der Waals surface area contributed by atoms with Gasteiger partial charge < -0.3 is 20.7 Å². The zero-order valence-electron chi connectivity index (χ0n) is 18.0. The van der Waals surface area contributed by atoms with Crippen LogP contribution in [0.2, 0.25) is 0 Å². The molecule has 170 valence electrons. The molecular formula is C23H27N3O5S. The first kappa shape index (κ1) is 23.3. The summed E-state index contributed by atoms with van der Waals surface area (Å²) in [5.74, 6) is 0.520. The molecule has 1 aliphatic rings. The first-order valence-corrected chi connectivity index (χ1v) is 11.6. The number of urea groups is 1. The molecule has 2 aromatic rings. The number of primary amides is 1. The molecule has 1 aliphatic heterocycles. The number of likely N-dealkylation sites (tertiary alicyclic amines) is 1. The van der Waals surface area contributed by atoms with E-state index in [2.05, 4.69) is 11.9 Å². The van der Waals surface area contributed by atoms with Crippen LogP contribution in [-0.4, -0.2) is 43.2 Å². The van der Waals surface area contributed by atoms with Crippen LogP contribution < -0.4 is 15.8 Å².